The van der Waals surface area contributed by atoms with Crippen LogP contribution in [0.5, 0.6) is 0 Å². The number of carbonyl (C=O) groups excluding carboxylic acids is 1. The Balaban J connectivity index is 1.49. The normalized spacial score (nSPS) is 15.0. The maximum Gasteiger partial charge on any atom is 0.263 e. The third-order valence-corrected chi connectivity index (χ3v) is 6.97. The zero-order valence-electron chi connectivity index (χ0n) is 14.6. The molecule has 3 aromatic rings. The SMILES string of the molecule is O=C(NC1(c2cccc(Cl)c2)CC1)c1ccc(S(=O)(=O)Nc2nccs2)cc1. The molecule has 4 rings (SSSR count). The molecule has 0 atom stereocenters. The van der Waals surface area contributed by atoms with Crippen molar-refractivity contribution in [3.8, 4) is 0 Å². The number of halogens is 1. The predicted molar refractivity (Wildman–Crippen MR) is 109 cm³/mol. The van der Waals surface area contributed by atoms with Crippen LogP contribution < -0.4 is 10.0 Å². The smallest absolute Gasteiger partial charge is 0.263 e. The van der Waals surface area contributed by atoms with E-state index in [1.54, 1.807) is 11.4 Å². The molecule has 6 nitrogen and oxygen atoms in total. The molecule has 28 heavy (non-hydrogen) atoms. The van der Waals surface area contributed by atoms with Crippen LogP contribution in [0.1, 0.15) is 28.8 Å². The van der Waals surface area contributed by atoms with Crippen molar-refractivity contribution in [1.29, 1.82) is 0 Å². The van der Waals surface area contributed by atoms with Gasteiger partial charge in [0.1, 0.15) is 0 Å². The summed E-state index contributed by atoms with van der Waals surface area (Å²) < 4.78 is 27.2. The third kappa shape index (κ3) is 3.89. The Morgan fingerprint density at radius 3 is 2.50 bits per heavy atom. The summed E-state index contributed by atoms with van der Waals surface area (Å²) in [7, 11) is -3.74. The number of hydrogen-bond donors (Lipinski definition) is 2. The van der Waals surface area contributed by atoms with Crippen molar-refractivity contribution < 1.29 is 13.2 Å². The van der Waals surface area contributed by atoms with Crippen LogP contribution in [-0.2, 0) is 15.6 Å². The number of rotatable bonds is 6. The van der Waals surface area contributed by atoms with Crippen LogP contribution in [0.15, 0.2) is 65.0 Å². The number of hydrogen-bond acceptors (Lipinski definition) is 5. The molecular formula is C19H16ClN3O3S2. The van der Waals surface area contributed by atoms with Crippen molar-refractivity contribution in [3.63, 3.8) is 0 Å². The number of nitrogens with zero attached hydrogens (tertiary/aromatic N) is 1. The Hall–Kier alpha value is -2.42. The van der Waals surface area contributed by atoms with Crippen LogP contribution >= 0.6 is 22.9 Å². The molecule has 2 N–H and O–H groups in total. The van der Waals surface area contributed by atoms with Gasteiger partial charge < -0.3 is 5.32 Å². The molecule has 1 heterocycles. The van der Waals surface area contributed by atoms with Crippen LogP contribution in [0.25, 0.3) is 0 Å². The van der Waals surface area contributed by atoms with Gasteiger partial charge in [-0.3, -0.25) is 9.52 Å². The van der Waals surface area contributed by atoms with Crippen molar-refractivity contribution in [2.75, 3.05) is 4.72 Å². The van der Waals surface area contributed by atoms with E-state index in [9.17, 15) is 13.2 Å². The minimum Gasteiger partial charge on any atom is -0.343 e. The van der Waals surface area contributed by atoms with E-state index < -0.39 is 15.6 Å². The van der Waals surface area contributed by atoms with E-state index in [2.05, 4.69) is 15.0 Å². The van der Waals surface area contributed by atoms with Gasteiger partial charge in [-0.15, -0.1) is 11.3 Å². The van der Waals surface area contributed by atoms with Gasteiger partial charge in [0.15, 0.2) is 5.13 Å². The molecule has 0 radical (unpaired) electrons. The number of sulfonamides is 1. The molecule has 2 aromatic carbocycles. The maximum absolute atomic E-state index is 12.7. The molecule has 1 fully saturated rings. The van der Waals surface area contributed by atoms with Gasteiger partial charge in [-0.05, 0) is 54.8 Å². The highest BCUT2D eigenvalue weighted by atomic mass is 35.5. The van der Waals surface area contributed by atoms with Gasteiger partial charge >= 0.3 is 0 Å². The summed E-state index contributed by atoms with van der Waals surface area (Å²) in [6.07, 6.45) is 3.19. The van der Waals surface area contributed by atoms with Crippen LogP contribution in [0.3, 0.4) is 0 Å². The van der Waals surface area contributed by atoms with Crippen molar-refractivity contribution >= 4 is 44.0 Å². The lowest BCUT2D eigenvalue weighted by atomic mass is 10.0. The number of benzene rings is 2. The maximum atomic E-state index is 12.7. The molecule has 1 amide bonds. The Kier molecular flexibility index (Phi) is 4.86. The predicted octanol–water partition coefficient (Wildman–Crippen LogP) is 4.02. The number of nitrogens with one attached hydrogen (secondary N) is 2. The average Bonchev–Trinajstić information content (AvgIpc) is 3.28. The van der Waals surface area contributed by atoms with Crippen molar-refractivity contribution in [1.82, 2.24) is 10.3 Å². The molecule has 0 unspecified atom stereocenters. The first-order valence-electron chi connectivity index (χ1n) is 8.49. The lowest BCUT2D eigenvalue weighted by Gasteiger charge is -2.18. The number of carbonyl (C=O) groups is 1. The number of anilines is 1. The molecule has 9 heteroatoms. The second-order valence-corrected chi connectivity index (χ2v) is 9.53. The highest BCUT2D eigenvalue weighted by Crippen LogP contribution is 2.46. The van der Waals surface area contributed by atoms with Crippen molar-refractivity contribution in [2.45, 2.75) is 23.3 Å². The largest absolute Gasteiger partial charge is 0.343 e. The molecular weight excluding hydrogens is 418 g/mol. The fourth-order valence-electron chi connectivity index (χ4n) is 2.92. The van der Waals surface area contributed by atoms with Gasteiger partial charge in [-0.2, -0.15) is 0 Å². The lowest BCUT2D eigenvalue weighted by Crippen LogP contribution is -2.34. The second kappa shape index (κ2) is 7.20. The quantitative estimate of drug-likeness (QED) is 0.614. The van der Waals surface area contributed by atoms with Gasteiger partial charge in [0, 0.05) is 22.2 Å². The Labute approximate surface area is 171 Å². The summed E-state index contributed by atoms with van der Waals surface area (Å²) in [4.78, 5) is 16.6. The molecule has 1 aliphatic rings. The van der Waals surface area contributed by atoms with Gasteiger partial charge in [0.2, 0.25) is 0 Å². The summed E-state index contributed by atoms with van der Waals surface area (Å²) in [5.41, 5.74) is 0.959. The number of thiazole rings is 1. The highest BCUT2D eigenvalue weighted by molar-refractivity contribution is 7.93. The summed E-state index contributed by atoms with van der Waals surface area (Å²) in [5, 5.41) is 5.65. The van der Waals surface area contributed by atoms with E-state index in [1.807, 2.05) is 18.2 Å². The molecule has 0 aliphatic heterocycles. The highest BCUT2D eigenvalue weighted by Gasteiger charge is 2.45. The van der Waals surface area contributed by atoms with Gasteiger partial charge in [0.25, 0.3) is 15.9 Å². The molecule has 0 saturated heterocycles. The zero-order valence-corrected chi connectivity index (χ0v) is 16.9. The van der Waals surface area contributed by atoms with Gasteiger partial charge in [-0.1, -0.05) is 23.7 Å². The van der Waals surface area contributed by atoms with E-state index >= 15 is 0 Å². The lowest BCUT2D eigenvalue weighted by molar-refractivity contribution is 0.0930. The number of amides is 1. The first kappa shape index (κ1) is 18.9. The first-order valence-corrected chi connectivity index (χ1v) is 11.2. The standard InChI is InChI=1S/C19H16ClN3O3S2/c20-15-3-1-2-14(12-15)19(8-9-19)22-17(24)13-4-6-16(7-5-13)28(25,26)23-18-21-10-11-27-18/h1-7,10-12H,8-9H2,(H,21,23)(H,22,24). The number of aromatic nitrogens is 1. The molecule has 144 valence electrons. The van der Waals surface area contributed by atoms with E-state index in [-0.39, 0.29) is 10.8 Å². The minimum atomic E-state index is -3.74. The van der Waals surface area contributed by atoms with E-state index in [1.165, 1.54) is 41.8 Å². The summed E-state index contributed by atoms with van der Waals surface area (Å²) in [6, 6.07) is 13.3. The van der Waals surface area contributed by atoms with Crippen LogP contribution in [-0.4, -0.2) is 19.3 Å². The zero-order chi connectivity index (χ0) is 19.8. The van der Waals surface area contributed by atoms with Crippen LogP contribution in [0, 0.1) is 0 Å². The Morgan fingerprint density at radius 1 is 1.14 bits per heavy atom. The van der Waals surface area contributed by atoms with Crippen LogP contribution in [0.4, 0.5) is 5.13 Å². The summed E-state index contributed by atoms with van der Waals surface area (Å²) in [6.45, 7) is 0. The summed E-state index contributed by atoms with van der Waals surface area (Å²) >= 11 is 7.25. The molecule has 1 saturated carbocycles. The van der Waals surface area contributed by atoms with Crippen molar-refractivity contribution in [2.24, 2.45) is 0 Å². The van der Waals surface area contributed by atoms with Crippen LogP contribution in [0.2, 0.25) is 5.02 Å². The van der Waals surface area contributed by atoms with Crippen molar-refractivity contribution in [3.05, 3.63) is 76.3 Å². The fourth-order valence-corrected chi connectivity index (χ4v) is 4.90. The topological polar surface area (TPSA) is 88.2 Å². The Bertz CT molecular complexity index is 1110. The Morgan fingerprint density at radius 2 is 1.89 bits per heavy atom. The van der Waals surface area contributed by atoms with E-state index in [0.29, 0.717) is 15.7 Å². The molecule has 1 aromatic heterocycles. The molecule has 0 bridgehead atoms. The first-order chi connectivity index (χ1) is 13.4. The minimum absolute atomic E-state index is 0.0650. The van der Waals surface area contributed by atoms with Gasteiger partial charge in [-0.25, -0.2) is 13.4 Å². The summed E-state index contributed by atoms with van der Waals surface area (Å²) in [5.74, 6) is -0.255. The van der Waals surface area contributed by atoms with E-state index in [0.717, 1.165) is 18.4 Å². The molecule has 0 spiro atoms. The average molecular weight is 434 g/mol. The second-order valence-electron chi connectivity index (χ2n) is 6.51. The van der Waals surface area contributed by atoms with E-state index in [4.69, 9.17) is 11.6 Å². The monoisotopic (exact) mass is 433 g/mol. The third-order valence-electron chi connectivity index (χ3n) is 4.56. The molecule has 1 aliphatic carbocycles. The fraction of sp³-hybridized carbons (Fsp3) is 0.158. The van der Waals surface area contributed by atoms with Gasteiger partial charge in [0.05, 0.1) is 10.4 Å².